The number of aromatic nitrogens is 2. The minimum absolute atomic E-state index is 0.212. The maximum Gasteiger partial charge on any atom is 0.225 e. The molecule has 1 aromatic heterocycles. The van der Waals surface area contributed by atoms with Gasteiger partial charge in [-0.15, -0.1) is 0 Å². The zero-order valence-electron chi connectivity index (χ0n) is 10.3. The van der Waals surface area contributed by atoms with E-state index in [1.54, 1.807) is 0 Å². The van der Waals surface area contributed by atoms with Gasteiger partial charge in [0, 0.05) is 0 Å². The molecule has 0 saturated carbocycles. The van der Waals surface area contributed by atoms with E-state index in [9.17, 15) is 4.39 Å². The van der Waals surface area contributed by atoms with Gasteiger partial charge in [-0.3, -0.25) is 0 Å². The van der Waals surface area contributed by atoms with Gasteiger partial charge in [-0.25, -0.2) is 9.97 Å². The minimum Gasteiger partial charge on any atom is -0.439 e. The highest BCUT2D eigenvalue weighted by Crippen LogP contribution is 2.20. The number of ether oxygens (including phenoxy) is 1. The molecule has 4 heteroatoms. The first kappa shape index (κ1) is 12.5. The molecule has 0 amide bonds. The molecule has 0 aliphatic carbocycles. The Balaban J connectivity index is 2.02. The van der Waals surface area contributed by atoms with Gasteiger partial charge in [-0.2, -0.15) is 4.39 Å². The van der Waals surface area contributed by atoms with Gasteiger partial charge >= 0.3 is 0 Å². The largest absolute Gasteiger partial charge is 0.439 e. The highest BCUT2D eigenvalue weighted by Gasteiger charge is 2.01. The summed E-state index contributed by atoms with van der Waals surface area (Å²) in [5.74, 6) is 0.261. The molecule has 0 radical (unpaired) electrons. The average Bonchev–Trinajstić information content (AvgIpc) is 2.38. The maximum absolute atomic E-state index is 12.8. The van der Waals surface area contributed by atoms with Gasteiger partial charge in [0.2, 0.25) is 11.8 Å². The van der Waals surface area contributed by atoms with Crippen molar-refractivity contribution in [2.45, 2.75) is 26.2 Å². The third-order valence-corrected chi connectivity index (χ3v) is 2.57. The number of hydrogen-bond donors (Lipinski definition) is 0. The van der Waals surface area contributed by atoms with Crippen LogP contribution in [0.2, 0.25) is 0 Å². The van der Waals surface area contributed by atoms with Crippen molar-refractivity contribution in [2.75, 3.05) is 0 Å². The molecule has 0 spiro atoms. The standard InChI is InChI=1S/C14H15FN2O/c1-2-3-4-11-5-7-12(8-6-11)18-14-9-13(15)16-10-17-14/h5-10H,2-4H2,1H3. The van der Waals surface area contributed by atoms with Crippen molar-refractivity contribution in [2.24, 2.45) is 0 Å². The summed E-state index contributed by atoms with van der Waals surface area (Å²) in [7, 11) is 0. The number of aryl methyl sites for hydroxylation is 1. The first-order valence-corrected chi connectivity index (χ1v) is 6.02. The van der Waals surface area contributed by atoms with Gasteiger partial charge < -0.3 is 4.74 Å². The van der Waals surface area contributed by atoms with Gasteiger partial charge in [0.05, 0.1) is 6.07 Å². The maximum atomic E-state index is 12.8. The van der Waals surface area contributed by atoms with E-state index in [-0.39, 0.29) is 5.88 Å². The molecule has 3 nitrogen and oxygen atoms in total. The van der Waals surface area contributed by atoms with Crippen LogP contribution in [0.5, 0.6) is 11.6 Å². The molecule has 2 aromatic rings. The van der Waals surface area contributed by atoms with Crippen LogP contribution < -0.4 is 4.74 Å². The smallest absolute Gasteiger partial charge is 0.225 e. The molecule has 0 atom stereocenters. The summed E-state index contributed by atoms with van der Waals surface area (Å²) in [6.45, 7) is 2.17. The first-order chi connectivity index (χ1) is 8.78. The van der Waals surface area contributed by atoms with E-state index in [4.69, 9.17) is 4.74 Å². The lowest BCUT2D eigenvalue weighted by Crippen LogP contribution is -1.91. The molecule has 0 unspecified atom stereocenters. The molecule has 94 valence electrons. The SMILES string of the molecule is CCCCc1ccc(Oc2cc(F)ncn2)cc1. The van der Waals surface area contributed by atoms with Gasteiger partial charge in [-0.05, 0) is 30.5 Å². The topological polar surface area (TPSA) is 35.0 Å². The van der Waals surface area contributed by atoms with Crippen LogP contribution in [-0.2, 0) is 6.42 Å². The second-order valence-electron chi connectivity index (χ2n) is 4.03. The van der Waals surface area contributed by atoms with Crippen LogP contribution in [0.25, 0.3) is 0 Å². The predicted octanol–water partition coefficient (Wildman–Crippen LogP) is 3.75. The van der Waals surface area contributed by atoms with E-state index in [1.165, 1.54) is 18.4 Å². The van der Waals surface area contributed by atoms with E-state index in [0.29, 0.717) is 5.75 Å². The summed E-state index contributed by atoms with van der Waals surface area (Å²) < 4.78 is 18.3. The number of rotatable bonds is 5. The van der Waals surface area contributed by atoms with E-state index in [2.05, 4.69) is 16.9 Å². The third kappa shape index (κ3) is 3.52. The Kier molecular flexibility index (Phi) is 4.23. The molecule has 0 bridgehead atoms. The second kappa shape index (κ2) is 6.10. The lowest BCUT2D eigenvalue weighted by molar-refractivity contribution is 0.450. The van der Waals surface area contributed by atoms with Crippen molar-refractivity contribution >= 4 is 0 Å². The third-order valence-electron chi connectivity index (χ3n) is 2.57. The molecule has 18 heavy (non-hydrogen) atoms. The first-order valence-electron chi connectivity index (χ1n) is 6.02. The molecular weight excluding hydrogens is 231 g/mol. The van der Waals surface area contributed by atoms with Gasteiger partial charge in [0.15, 0.2) is 0 Å². The van der Waals surface area contributed by atoms with Crippen molar-refractivity contribution in [3.05, 3.63) is 48.2 Å². The number of hydrogen-bond acceptors (Lipinski definition) is 3. The highest BCUT2D eigenvalue weighted by atomic mass is 19.1. The van der Waals surface area contributed by atoms with Crippen LogP contribution in [0.1, 0.15) is 25.3 Å². The highest BCUT2D eigenvalue weighted by molar-refractivity contribution is 5.30. The van der Waals surface area contributed by atoms with E-state index in [1.807, 2.05) is 24.3 Å². The fraction of sp³-hybridized carbons (Fsp3) is 0.286. The Bertz CT molecular complexity index is 499. The fourth-order valence-corrected chi connectivity index (χ4v) is 1.60. The Morgan fingerprint density at radius 3 is 2.61 bits per heavy atom. The zero-order chi connectivity index (χ0) is 12.8. The molecule has 0 fully saturated rings. The lowest BCUT2D eigenvalue weighted by Gasteiger charge is -2.05. The summed E-state index contributed by atoms with van der Waals surface area (Å²) in [4.78, 5) is 7.21. The van der Waals surface area contributed by atoms with Crippen LogP contribution in [0.3, 0.4) is 0 Å². The molecule has 0 saturated heterocycles. The van der Waals surface area contributed by atoms with Crippen LogP contribution in [0.4, 0.5) is 4.39 Å². The van der Waals surface area contributed by atoms with Gasteiger partial charge in [0.1, 0.15) is 12.1 Å². The summed E-state index contributed by atoms with van der Waals surface area (Å²) in [5.41, 5.74) is 1.28. The van der Waals surface area contributed by atoms with E-state index >= 15 is 0 Å². The Labute approximate surface area is 106 Å². The molecule has 0 aliphatic rings. The summed E-state index contributed by atoms with van der Waals surface area (Å²) in [6.07, 6.45) is 4.56. The molecule has 2 rings (SSSR count). The molecule has 1 aromatic carbocycles. The Morgan fingerprint density at radius 2 is 1.94 bits per heavy atom. The van der Waals surface area contributed by atoms with Crippen LogP contribution >= 0.6 is 0 Å². The van der Waals surface area contributed by atoms with Gasteiger partial charge in [-0.1, -0.05) is 25.5 Å². The summed E-state index contributed by atoms with van der Waals surface area (Å²) in [6, 6.07) is 8.92. The predicted molar refractivity (Wildman–Crippen MR) is 67.1 cm³/mol. The summed E-state index contributed by atoms with van der Waals surface area (Å²) >= 11 is 0. The number of nitrogens with zero attached hydrogens (tertiary/aromatic N) is 2. The quantitative estimate of drug-likeness (QED) is 0.753. The van der Waals surface area contributed by atoms with Crippen molar-refractivity contribution in [1.29, 1.82) is 0 Å². The van der Waals surface area contributed by atoms with Crippen LogP contribution in [-0.4, -0.2) is 9.97 Å². The van der Waals surface area contributed by atoms with Crippen LogP contribution in [0.15, 0.2) is 36.7 Å². The zero-order valence-corrected chi connectivity index (χ0v) is 10.3. The van der Waals surface area contributed by atoms with Crippen molar-refractivity contribution < 1.29 is 9.13 Å². The Hall–Kier alpha value is -1.97. The summed E-state index contributed by atoms with van der Waals surface area (Å²) in [5, 5.41) is 0. The normalized spacial score (nSPS) is 10.3. The monoisotopic (exact) mass is 246 g/mol. The molecule has 0 N–H and O–H groups in total. The van der Waals surface area contributed by atoms with Crippen molar-refractivity contribution in [3.8, 4) is 11.6 Å². The fourth-order valence-electron chi connectivity index (χ4n) is 1.60. The van der Waals surface area contributed by atoms with Crippen LogP contribution in [0, 0.1) is 5.95 Å². The van der Waals surface area contributed by atoms with Crippen molar-refractivity contribution in [3.63, 3.8) is 0 Å². The minimum atomic E-state index is -0.598. The second-order valence-corrected chi connectivity index (χ2v) is 4.03. The number of halogens is 1. The lowest BCUT2D eigenvalue weighted by atomic mass is 10.1. The van der Waals surface area contributed by atoms with Crippen molar-refractivity contribution in [1.82, 2.24) is 9.97 Å². The van der Waals surface area contributed by atoms with Gasteiger partial charge in [0.25, 0.3) is 0 Å². The molecular formula is C14H15FN2O. The van der Waals surface area contributed by atoms with E-state index < -0.39 is 5.95 Å². The Morgan fingerprint density at radius 1 is 1.17 bits per heavy atom. The average molecular weight is 246 g/mol. The number of benzene rings is 1. The molecule has 1 heterocycles. The van der Waals surface area contributed by atoms with E-state index in [0.717, 1.165) is 18.8 Å². The molecule has 0 aliphatic heterocycles. The number of unbranched alkanes of at least 4 members (excludes halogenated alkanes) is 1.